The molecule has 2 aromatic heterocycles. The van der Waals surface area contributed by atoms with E-state index in [-0.39, 0.29) is 0 Å². The first-order valence-corrected chi connectivity index (χ1v) is 6.09. The zero-order valence-electron chi connectivity index (χ0n) is 11.2. The Bertz CT molecular complexity index is 615. The molecule has 0 saturated heterocycles. The first-order chi connectivity index (χ1) is 9.13. The molecule has 3 rings (SSSR count). The quantitative estimate of drug-likeness (QED) is 0.882. The molecule has 0 aliphatic carbocycles. The molecule has 1 N–H and O–H groups in total. The van der Waals surface area contributed by atoms with Gasteiger partial charge in [-0.1, -0.05) is 0 Å². The van der Waals surface area contributed by atoms with E-state index < -0.39 is 5.79 Å². The van der Waals surface area contributed by atoms with Crippen LogP contribution in [0, 0.1) is 0 Å². The molecule has 6 nitrogen and oxygen atoms in total. The van der Waals surface area contributed by atoms with Gasteiger partial charge in [-0.15, -0.1) is 0 Å². The second-order valence-electron chi connectivity index (χ2n) is 4.85. The van der Waals surface area contributed by atoms with E-state index in [4.69, 9.17) is 0 Å². The van der Waals surface area contributed by atoms with Gasteiger partial charge in [-0.2, -0.15) is 5.10 Å². The third-order valence-corrected chi connectivity index (χ3v) is 3.54. The Labute approximate surface area is 111 Å². The van der Waals surface area contributed by atoms with Crippen LogP contribution < -0.4 is 5.32 Å². The van der Waals surface area contributed by atoms with E-state index in [1.807, 2.05) is 37.1 Å². The van der Waals surface area contributed by atoms with Crippen molar-refractivity contribution >= 4 is 12.2 Å². The van der Waals surface area contributed by atoms with Gasteiger partial charge in [0.1, 0.15) is 0 Å². The number of hydrogen-bond acceptors (Lipinski definition) is 5. The van der Waals surface area contributed by atoms with Crippen LogP contribution in [0.15, 0.2) is 35.7 Å². The van der Waals surface area contributed by atoms with E-state index in [0.29, 0.717) is 0 Å². The largest absolute Gasteiger partial charge is 0.340 e. The van der Waals surface area contributed by atoms with Crippen LogP contribution in [0.2, 0.25) is 0 Å². The third kappa shape index (κ3) is 1.72. The highest BCUT2D eigenvalue weighted by Gasteiger charge is 2.34. The lowest BCUT2D eigenvalue weighted by atomic mass is 10.1. The van der Waals surface area contributed by atoms with Gasteiger partial charge in [0.25, 0.3) is 0 Å². The summed E-state index contributed by atoms with van der Waals surface area (Å²) in [4.78, 5) is 10.5. The molecule has 3 heterocycles. The average Bonchev–Trinajstić information content (AvgIpc) is 2.85. The van der Waals surface area contributed by atoms with Crippen LogP contribution in [0.5, 0.6) is 0 Å². The monoisotopic (exact) mass is 256 g/mol. The van der Waals surface area contributed by atoms with Gasteiger partial charge in [0.05, 0.1) is 12.5 Å². The van der Waals surface area contributed by atoms with Gasteiger partial charge in [0.2, 0.25) is 0 Å². The van der Waals surface area contributed by atoms with Crippen molar-refractivity contribution < 1.29 is 0 Å². The van der Waals surface area contributed by atoms with Gasteiger partial charge in [-0.3, -0.25) is 9.88 Å². The fourth-order valence-electron chi connectivity index (χ4n) is 2.12. The standard InChI is InChI=1S/C13H16N6/c1-13(18(2)3)16-9-15-12-11(8-17-19(12)13)10-4-6-14-7-5-10/h4-9H,1-3H3,(H,15,16). The van der Waals surface area contributed by atoms with Crippen LogP contribution in [0.4, 0.5) is 5.82 Å². The summed E-state index contributed by atoms with van der Waals surface area (Å²) in [5.74, 6) is 0.434. The van der Waals surface area contributed by atoms with E-state index in [2.05, 4.69) is 32.2 Å². The summed E-state index contributed by atoms with van der Waals surface area (Å²) < 4.78 is 1.89. The summed E-state index contributed by atoms with van der Waals surface area (Å²) in [7, 11) is 4.01. The molecule has 0 spiro atoms. The van der Waals surface area contributed by atoms with Crippen molar-refractivity contribution in [2.75, 3.05) is 14.1 Å². The fraction of sp³-hybridized carbons (Fsp3) is 0.308. The molecule has 2 aromatic rings. The number of rotatable bonds is 2. The molecule has 0 aromatic carbocycles. The first-order valence-electron chi connectivity index (χ1n) is 6.09. The van der Waals surface area contributed by atoms with Crippen molar-refractivity contribution in [1.82, 2.24) is 25.0 Å². The Hall–Kier alpha value is -2.21. The number of aliphatic imine (C=N–C) groups is 1. The van der Waals surface area contributed by atoms with Crippen LogP contribution in [-0.2, 0) is 5.79 Å². The molecule has 6 heteroatoms. The smallest absolute Gasteiger partial charge is 0.188 e. The molecule has 0 saturated carbocycles. The maximum atomic E-state index is 4.49. The molecule has 1 aliphatic rings. The first kappa shape index (κ1) is 11.9. The number of hydrogen-bond donors (Lipinski definition) is 1. The minimum Gasteiger partial charge on any atom is -0.340 e. The maximum Gasteiger partial charge on any atom is 0.188 e. The van der Waals surface area contributed by atoms with Gasteiger partial charge >= 0.3 is 0 Å². The number of nitrogens with one attached hydrogen (secondary N) is 1. The number of nitrogens with zero attached hydrogens (tertiary/aromatic N) is 5. The van der Waals surface area contributed by atoms with E-state index in [9.17, 15) is 0 Å². The van der Waals surface area contributed by atoms with Gasteiger partial charge in [0.15, 0.2) is 11.6 Å². The Morgan fingerprint density at radius 3 is 2.68 bits per heavy atom. The Morgan fingerprint density at radius 1 is 1.26 bits per heavy atom. The summed E-state index contributed by atoms with van der Waals surface area (Å²) >= 11 is 0. The molecule has 98 valence electrons. The van der Waals surface area contributed by atoms with Crippen LogP contribution in [0.3, 0.4) is 0 Å². The molecule has 0 fully saturated rings. The minimum atomic E-state index is -0.414. The summed E-state index contributed by atoms with van der Waals surface area (Å²) in [6.45, 7) is 2.06. The van der Waals surface area contributed by atoms with Crippen molar-refractivity contribution in [3.05, 3.63) is 30.7 Å². The lowest BCUT2D eigenvalue weighted by molar-refractivity contribution is 0.0562. The van der Waals surface area contributed by atoms with Gasteiger partial charge < -0.3 is 5.32 Å². The minimum absolute atomic E-state index is 0.414. The molecule has 0 amide bonds. The van der Waals surface area contributed by atoms with E-state index in [1.54, 1.807) is 18.7 Å². The number of aromatic nitrogens is 3. The summed E-state index contributed by atoms with van der Waals surface area (Å²) in [6, 6.07) is 3.92. The van der Waals surface area contributed by atoms with Gasteiger partial charge in [-0.05, 0) is 38.7 Å². The van der Waals surface area contributed by atoms with Gasteiger partial charge in [-0.25, -0.2) is 9.67 Å². The predicted octanol–water partition coefficient (Wildman–Crippen LogP) is 1.40. The summed E-state index contributed by atoms with van der Waals surface area (Å²) in [6.07, 6.45) is 7.11. The van der Waals surface area contributed by atoms with Crippen LogP contribution in [0.25, 0.3) is 11.1 Å². The average molecular weight is 256 g/mol. The Balaban J connectivity index is 2.15. The van der Waals surface area contributed by atoms with Gasteiger partial charge in [0, 0.05) is 18.0 Å². The zero-order valence-corrected chi connectivity index (χ0v) is 11.2. The molecular formula is C13H16N6. The fourth-order valence-corrected chi connectivity index (χ4v) is 2.12. The van der Waals surface area contributed by atoms with Crippen molar-refractivity contribution in [3.63, 3.8) is 0 Å². The summed E-state index contributed by atoms with van der Waals surface area (Å²) in [5, 5.41) is 7.72. The highest BCUT2D eigenvalue weighted by atomic mass is 15.6. The lowest BCUT2D eigenvalue weighted by Crippen LogP contribution is -2.56. The van der Waals surface area contributed by atoms with E-state index in [1.165, 1.54) is 0 Å². The zero-order chi connectivity index (χ0) is 13.5. The predicted molar refractivity (Wildman–Crippen MR) is 74.1 cm³/mol. The van der Waals surface area contributed by atoms with Crippen molar-refractivity contribution in [2.45, 2.75) is 12.7 Å². The summed E-state index contributed by atoms with van der Waals surface area (Å²) in [5.41, 5.74) is 2.07. The van der Waals surface area contributed by atoms with Crippen molar-refractivity contribution in [3.8, 4) is 11.1 Å². The molecule has 1 aliphatic heterocycles. The van der Waals surface area contributed by atoms with Crippen LogP contribution >= 0.6 is 0 Å². The second-order valence-corrected chi connectivity index (χ2v) is 4.85. The molecule has 1 unspecified atom stereocenters. The molecule has 0 bridgehead atoms. The Kier molecular flexibility index (Phi) is 2.60. The SMILES string of the molecule is CN(C)C1(C)NC=Nc2c(-c3ccncc3)cnn21. The highest BCUT2D eigenvalue weighted by Crippen LogP contribution is 2.34. The second kappa shape index (κ2) is 4.17. The molecule has 19 heavy (non-hydrogen) atoms. The molecule has 0 radical (unpaired) electrons. The van der Waals surface area contributed by atoms with E-state index >= 15 is 0 Å². The number of pyridine rings is 1. The lowest BCUT2D eigenvalue weighted by Gasteiger charge is -2.38. The van der Waals surface area contributed by atoms with Crippen molar-refractivity contribution in [1.29, 1.82) is 0 Å². The highest BCUT2D eigenvalue weighted by molar-refractivity contribution is 5.77. The van der Waals surface area contributed by atoms with Crippen LogP contribution in [-0.4, -0.2) is 40.1 Å². The van der Waals surface area contributed by atoms with E-state index in [0.717, 1.165) is 16.9 Å². The normalized spacial score (nSPS) is 21.3. The van der Waals surface area contributed by atoms with Crippen LogP contribution in [0.1, 0.15) is 6.92 Å². The third-order valence-electron chi connectivity index (χ3n) is 3.54. The number of fused-ring (bicyclic) bond motifs is 1. The topological polar surface area (TPSA) is 58.3 Å². The van der Waals surface area contributed by atoms with Crippen molar-refractivity contribution in [2.24, 2.45) is 4.99 Å². The molecule has 1 atom stereocenters. The Morgan fingerprint density at radius 2 is 2.00 bits per heavy atom. The maximum absolute atomic E-state index is 4.49. The molecular weight excluding hydrogens is 240 g/mol.